The molecule has 2 aromatic rings. The average molecular weight is 364 g/mol. The molecule has 0 radical (unpaired) electrons. The molecule has 1 amide bonds. The predicted molar refractivity (Wildman–Crippen MR) is 98.9 cm³/mol. The minimum atomic E-state index is 0.0983. The van der Waals surface area contributed by atoms with Crippen LogP contribution in [0.2, 0.25) is 10.0 Å². The summed E-state index contributed by atoms with van der Waals surface area (Å²) in [6, 6.07) is 9.23. The molecule has 24 heavy (non-hydrogen) atoms. The van der Waals surface area contributed by atoms with E-state index in [0.717, 1.165) is 42.8 Å². The van der Waals surface area contributed by atoms with Crippen molar-refractivity contribution in [2.24, 2.45) is 5.92 Å². The number of nitrogens with zero attached hydrogens (tertiary/aromatic N) is 1. The summed E-state index contributed by atoms with van der Waals surface area (Å²) in [5, 5.41) is 7.46. The van der Waals surface area contributed by atoms with Crippen molar-refractivity contribution in [3.05, 3.63) is 52.1 Å². The van der Waals surface area contributed by atoms with Crippen molar-refractivity contribution in [1.82, 2.24) is 4.98 Å². The second-order valence-corrected chi connectivity index (χ2v) is 6.81. The number of hydrogen-bond acceptors (Lipinski definition) is 3. The van der Waals surface area contributed by atoms with Crippen molar-refractivity contribution in [3.8, 4) is 0 Å². The Morgan fingerprint density at radius 2 is 2.04 bits per heavy atom. The number of anilines is 2. The van der Waals surface area contributed by atoms with Gasteiger partial charge in [0, 0.05) is 22.5 Å². The number of carbonyl (C=O) groups is 1. The number of rotatable bonds is 6. The molecule has 1 saturated carbocycles. The topological polar surface area (TPSA) is 54.0 Å². The smallest absolute Gasteiger partial charge is 0.227 e. The Kier molecular flexibility index (Phi) is 5.59. The van der Waals surface area contributed by atoms with Crippen LogP contribution in [0, 0.1) is 5.92 Å². The number of benzene rings is 1. The van der Waals surface area contributed by atoms with Crippen LogP contribution < -0.4 is 10.6 Å². The summed E-state index contributed by atoms with van der Waals surface area (Å²) in [7, 11) is 0. The zero-order valence-corrected chi connectivity index (χ0v) is 14.7. The van der Waals surface area contributed by atoms with Crippen LogP contribution in [0.15, 0.2) is 36.5 Å². The van der Waals surface area contributed by atoms with Crippen LogP contribution in [0.5, 0.6) is 0 Å². The Morgan fingerprint density at radius 3 is 2.67 bits per heavy atom. The maximum Gasteiger partial charge on any atom is 0.227 e. The number of hydrogen-bond donors (Lipinski definition) is 2. The lowest BCUT2D eigenvalue weighted by molar-refractivity contribution is -0.122. The first-order valence-corrected chi connectivity index (χ1v) is 8.82. The van der Waals surface area contributed by atoms with Crippen molar-refractivity contribution in [1.29, 1.82) is 0 Å². The number of nitrogens with one attached hydrogen (secondary N) is 2. The number of aromatic nitrogens is 1. The largest absolute Gasteiger partial charge is 0.370 e. The third kappa shape index (κ3) is 4.40. The molecule has 0 unspecified atom stereocenters. The molecule has 1 aromatic heterocycles. The van der Waals surface area contributed by atoms with Crippen LogP contribution in [0.4, 0.5) is 11.5 Å². The lowest BCUT2D eigenvalue weighted by Gasteiger charge is -2.23. The molecule has 0 saturated heterocycles. The van der Waals surface area contributed by atoms with E-state index >= 15 is 0 Å². The number of amides is 1. The summed E-state index contributed by atoms with van der Waals surface area (Å²) in [4.78, 5) is 16.2. The molecule has 1 aliphatic carbocycles. The summed E-state index contributed by atoms with van der Waals surface area (Å²) in [6.45, 7) is 0.710. The Hall–Kier alpha value is -1.78. The maximum absolute atomic E-state index is 11.9. The number of carbonyl (C=O) groups excluding carboxylic acids is 1. The number of halogens is 2. The molecule has 0 aliphatic heterocycles. The predicted octanol–water partition coefficient (Wildman–Crippen LogP) is 4.78. The minimum Gasteiger partial charge on any atom is -0.370 e. The van der Waals surface area contributed by atoms with Gasteiger partial charge in [0.1, 0.15) is 5.82 Å². The van der Waals surface area contributed by atoms with Gasteiger partial charge in [-0.2, -0.15) is 0 Å². The van der Waals surface area contributed by atoms with Gasteiger partial charge >= 0.3 is 0 Å². The molecule has 2 N–H and O–H groups in total. The van der Waals surface area contributed by atoms with E-state index in [1.165, 1.54) is 0 Å². The fraction of sp³-hybridized carbons (Fsp3) is 0.333. The van der Waals surface area contributed by atoms with Crippen LogP contribution in [0.3, 0.4) is 0 Å². The highest BCUT2D eigenvalue weighted by Gasteiger charge is 2.25. The molecule has 3 rings (SSSR count). The summed E-state index contributed by atoms with van der Waals surface area (Å²) in [5.41, 5.74) is 1.77. The van der Waals surface area contributed by atoms with Crippen molar-refractivity contribution < 1.29 is 4.79 Å². The standard InChI is InChI=1S/C18H19Cl2N3O/c19-14-5-4-12(16(20)10-14)8-9-21-17-7-6-15(11-22-17)23-18(24)13-2-1-3-13/h4-7,10-11,13H,1-3,8-9H2,(H,21,22)(H,23,24). The zero-order valence-electron chi connectivity index (χ0n) is 13.2. The van der Waals surface area contributed by atoms with Gasteiger partial charge in [-0.25, -0.2) is 4.98 Å². The van der Waals surface area contributed by atoms with Gasteiger partial charge in [-0.15, -0.1) is 0 Å². The van der Waals surface area contributed by atoms with Gasteiger partial charge in [-0.3, -0.25) is 4.79 Å². The lowest BCUT2D eigenvalue weighted by Crippen LogP contribution is -2.28. The molecule has 1 aromatic carbocycles. The van der Waals surface area contributed by atoms with E-state index < -0.39 is 0 Å². The lowest BCUT2D eigenvalue weighted by atomic mass is 9.85. The van der Waals surface area contributed by atoms with E-state index in [1.54, 1.807) is 12.3 Å². The summed E-state index contributed by atoms with van der Waals surface area (Å²) < 4.78 is 0. The molecule has 0 bridgehead atoms. The molecule has 126 valence electrons. The maximum atomic E-state index is 11.9. The van der Waals surface area contributed by atoms with Crippen LogP contribution in [-0.2, 0) is 11.2 Å². The molecule has 1 heterocycles. The van der Waals surface area contributed by atoms with Crippen molar-refractivity contribution in [3.63, 3.8) is 0 Å². The van der Waals surface area contributed by atoms with Gasteiger partial charge in [-0.05, 0) is 49.1 Å². The second kappa shape index (κ2) is 7.86. The van der Waals surface area contributed by atoms with Gasteiger partial charge in [0.25, 0.3) is 0 Å². The van der Waals surface area contributed by atoms with Crippen molar-refractivity contribution in [2.75, 3.05) is 17.2 Å². The van der Waals surface area contributed by atoms with E-state index in [4.69, 9.17) is 23.2 Å². The van der Waals surface area contributed by atoms with E-state index in [-0.39, 0.29) is 11.8 Å². The summed E-state index contributed by atoms with van der Waals surface area (Å²) >= 11 is 12.0. The highest BCUT2D eigenvalue weighted by molar-refractivity contribution is 6.35. The van der Waals surface area contributed by atoms with E-state index in [1.807, 2.05) is 24.3 Å². The summed E-state index contributed by atoms with van der Waals surface area (Å²) in [6.07, 6.45) is 5.58. The first-order chi connectivity index (χ1) is 11.6. The Balaban J connectivity index is 1.48. The monoisotopic (exact) mass is 363 g/mol. The first-order valence-electron chi connectivity index (χ1n) is 8.06. The fourth-order valence-corrected chi connectivity index (χ4v) is 3.04. The van der Waals surface area contributed by atoms with Gasteiger partial charge in [-0.1, -0.05) is 35.7 Å². The zero-order chi connectivity index (χ0) is 16.9. The first kappa shape index (κ1) is 17.1. The highest BCUT2D eigenvalue weighted by atomic mass is 35.5. The Morgan fingerprint density at radius 1 is 1.21 bits per heavy atom. The number of pyridine rings is 1. The quantitative estimate of drug-likeness (QED) is 0.776. The molecule has 4 nitrogen and oxygen atoms in total. The van der Waals surface area contributed by atoms with E-state index in [2.05, 4.69) is 15.6 Å². The van der Waals surface area contributed by atoms with Gasteiger partial charge in [0.05, 0.1) is 11.9 Å². The molecule has 1 aliphatic rings. The third-order valence-electron chi connectivity index (χ3n) is 4.22. The molecular formula is C18H19Cl2N3O. The van der Waals surface area contributed by atoms with Gasteiger partial charge < -0.3 is 10.6 Å². The Bertz CT molecular complexity index is 715. The second-order valence-electron chi connectivity index (χ2n) is 5.96. The third-order valence-corrected chi connectivity index (χ3v) is 4.81. The van der Waals surface area contributed by atoms with Crippen LogP contribution in [0.25, 0.3) is 0 Å². The molecule has 1 fully saturated rings. The Labute approximate surface area is 151 Å². The van der Waals surface area contributed by atoms with Crippen molar-refractivity contribution >= 4 is 40.6 Å². The van der Waals surface area contributed by atoms with Gasteiger partial charge in [0.15, 0.2) is 0 Å². The van der Waals surface area contributed by atoms with Crippen LogP contribution in [-0.4, -0.2) is 17.4 Å². The fourth-order valence-electron chi connectivity index (χ4n) is 2.54. The molecular weight excluding hydrogens is 345 g/mol. The summed E-state index contributed by atoms with van der Waals surface area (Å²) in [5.74, 6) is 1.04. The van der Waals surface area contributed by atoms with E-state index in [0.29, 0.717) is 16.6 Å². The average Bonchev–Trinajstić information content (AvgIpc) is 2.49. The van der Waals surface area contributed by atoms with Gasteiger partial charge in [0.2, 0.25) is 5.91 Å². The van der Waals surface area contributed by atoms with Crippen LogP contribution >= 0.6 is 23.2 Å². The molecule has 0 atom stereocenters. The van der Waals surface area contributed by atoms with E-state index in [9.17, 15) is 4.79 Å². The highest BCUT2D eigenvalue weighted by Crippen LogP contribution is 2.27. The normalized spacial score (nSPS) is 14.1. The molecule has 0 spiro atoms. The van der Waals surface area contributed by atoms with Crippen LogP contribution in [0.1, 0.15) is 24.8 Å². The molecule has 6 heteroatoms. The van der Waals surface area contributed by atoms with Crippen molar-refractivity contribution in [2.45, 2.75) is 25.7 Å². The SMILES string of the molecule is O=C(Nc1ccc(NCCc2ccc(Cl)cc2Cl)nc1)C1CCC1. The minimum absolute atomic E-state index is 0.0983.